The lowest BCUT2D eigenvalue weighted by molar-refractivity contribution is 0.408. The third-order valence-corrected chi connectivity index (χ3v) is 4.96. The van der Waals surface area contributed by atoms with Crippen molar-refractivity contribution in [2.45, 2.75) is 19.9 Å². The topological polar surface area (TPSA) is 76.0 Å². The van der Waals surface area contributed by atoms with E-state index in [1.807, 2.05) is 19.1 Å². The van der Waals surface area contributed by atoms with Crippen molar-refractivity contribution in [1.29, 1.82) is 0 Å². The Hall–Kier alpha value is -3.35. The number of aromatic amines is 1. The summed E-state index contributed by atoms with van der Waals surface area (Å²) < 4.78 is 25.1. The van der Waals surface area contributed by atoms with Gasteiger partial charge in [-0.3, -0.25) is 5.10 Å². The van der Waals surface area contributed by atoms with E-state index in [1.54, 1.807) is 19.2 Å². The number of aryl methyl sites for hydroxylation is 1. The zero-order valence-electron chi connectivity index (χ0n) is 14.9. The van der Waals surface area contributed by atoms with Crippen LogP contribution in [-0.4, -0.2) is 22.3 Å². The Balaban J connectivity index is 1.53. The van der Waals surface area contributed by atoms with E-state index in [0.717, 1.165) is 33.7 Å². The zero-order chi connectivity index (χ0) is 18.5. The Morgan fingerprint density at radius 3 is 2.96 bits per heavy atom. The highest BCUT2D eigenvalue weighted by molar-refractivity contribution is 5.94. The van der Waals surface area contributed by atoms with Gasteiger partial charge in [0.25, 0.3) is 0 Å². The van der Waals surface area contributed by atoms with Gasteiger partial charge in [-0.2, -0.15) is 5.10 Å². The predicted octanol–water partition coefficient (Wildman–Crippen LogP) is 4.19. The summed E-state index contributed by atoms with van der Waals surface area (Å²) in [6, 6.07) is 8.67. The fourth-order valence-electron chi connectivity index (χ4n) is 3.67. The quantitative estimate of drug-likeness (QED) is 0.500. The first-order valence-corrected chi connectivity index (χ1v) is 8.67. The summed E-state index contributed by atoms with van der Waals surface area (Å²) >= 11 is 0. The van der Waals surface area contributed by atoms with Crippen LogP contribution < -0.4 is 10.1 Å². The number of halogens is 1. The van der Waals surface area contributed by atoms with Gasteiger partial charge in [0.1, 0.15) is 11.3 Å². The van der Waals surface area contributed by atoms with Crippen molar-refractivity contribution in [1.82, 2.24) is 15.2 Å². The van der Waals surface area contributed by atoms with Crippen molar-refractivity contribution in [2.24, 2.45) is 0 Å². The molecule has 2 aromatic carbocycles. The number of nitrogens with zero attached hydrogens (tertiary/aromatic N) is 2. The molecule has 0 saturated carbocycles. The second-order valence-corrected chi connectivity index (χ2v) is 6.56. The van der Waals surface area contributed by atoms with Gasteiger partial charge in [-0.15, -0.1) is 0 Å². The van der Waals surface area contributed by atoms with Gasteiger partial charge < -0.3 is 14.5 Å². The lowest BCUT2D eigenvalue weighted by Gasteiger charge is -2.06. The van der Waals surface area contributed by atoms with E-state index in [1.165, 1.54) is 6.07 Å². The van der Waals surface area contributed by atoms with Gasteiger partial charge in [0, 0.05) is 36.6 Å². The van der Waals surface area contributed by atoms with Crippen LogP contribution in [0.4, 0.5) is 10.2 Å². The molecule has 0 amide bonds. The molecule has 0 bridgehead atoms. The van der Waals surface area contributed by atoms with Crippen LogP contribution in [0.25, 0.3) is 22.4 Å². The van der Waals surface area contributed by atoms with Crippen LogP contribution in [0.1, 0.15) is 22.6 Å². The molecule has 136 valence electrons. The number of benzene rings is 2. The normalized spacial score (nSPS) is 12.3. The summed E-state index contributed by atoms with van der Waals surface area (Å²) in [6.07, 6.45) is 0.674. The minimum Gasteiger partial charge on any atom is -0.493 e. The molecule has 1 aliphatic carbocycles. The van der Waals surface area contributed by atoms with Gasteiger partial charge in [0.2, 0.25) is 0 Å². The highest BCUT2D eigenvalue weighted by Gasteiger charge is 2.29. The molecule has 27 heavy (non-hydrogen) atoms. The molecule has 0 radical (unpaired) electrons. The second kappa shape index (κ2) is 5.84. The number of oxazole rings is 1. The molecule has 0 saturated heterocycles. The highest BCUT2D eigenvalue weighted by atomic mass is 19.1. The number of H-pyrrole nitrogens is 1. The predicted molar refractivity (Wildman–Crippen MR) is 99.4 cm³/mol. The third kappa shape index (κ3) is 2.38. The van der Waals surface area contributed by atoms with Crippen molar-refractivity contribution < 1.29 is 13.5 Å². The maximum Gasteiger partial charge on any atom is 0.196 e. The fourth-order valence-corrected chi connectivity index (χ4v) is 3.67. The number of anilines is 1. The summed E-state index contributed by atoms with van der Waals surface area (Å²) in [5, 5.41) is 10.7. The van der Waals surface area contributed by atoms with Gasteiger partial charge >= 0.3 is 0 Å². The van der Waals surface area contributed by atoms with Crippen LogP contribution in [0, 0.1) is 12.7 Å². The van der Waals surface area contributed by atoms with Crippen LogP contribution >= 0.6 is 0 Å². The molecule has 7 heteroatoms. The highest BCUT2D eigenvalue weighted by Crippen LogP contribution is 2.45. The molecule has 0 spiro atoms. The van der Waals surface area contributed by atoms with Gasteiger partial charge in [0.15, 0.2) is 23.0 Å². The van der Waals surface area contributed by atoms with E-state index in [2.05, 4.69) is 20.5 Å². The number of hydrogen-bond acceptors (Lipinski definition) is 5. The Kier molecular flexibility index (Phi) is 3.43. The molecule has 2 heterocycles. The van der Waals surface area contributed by atoms with Crippen LogP contribution in [0.5, 0.6) is 5.75 Å². The van der Waals surface area contributed by atoms with Crippen LogP contribution in [-0.2, 0) is 13.0 Å². The zero-order valence-corrected chi connectivity index (χ0v) is 14.9. The molecule has 2 aromatic heterocycles. The number of methoxy groups -OCH3 is 1. The first-order chi connectivity index (χ1) is 13.2. The minimum atomic E-state index is -0.231. The van der Waals surface area contributed by atoms with E-state index in [9.17, 15) is 4.39 Å². The minimum absolute atomic E-state index is 0.231. The molecular weight excluding hydrogens is 347 g/mol. The molecule has 0 unspecified atom stereocenters. The lowest BCUT2D eigenvalue weighted by Crippen LogP contribution is -2.03. The molecule has 5 rings (SSSR count). The fraction of sp³-hybridized carbons (Fsp3) is 0.200. The number of aromatic nitrogens is 3. The Morgan fingerprint density at radius 1 is 1.30 bits per heavy atom. The SMILES string of the molecule is COc1cc2c(c3nc(C)oc13)Cc1c(NCc3ccccc3F)n[nH]c1-2. The van der Waals surface area contributed by atoms with Crippen LogP contribution in [0.2, 0.25) is 0 Å². The smallest absolute Gasteiger partial charge is 0.196 e. The van der Waals surface area contributed by atoms with E-state index < -0.39 is 0 Å². The maximum atomic E-state index is 13.9. The summed E-state index contributed by atoms with van der Waals surface area (Å²) in [6.45, 7) is 2.19. The van der Waals surface area contributed by atoms with E-state index >= 15 is 0 Å². The number of fused-ring (bicyclic) bond motifs is 5. The molecule has 1 aliphatic rings. The Bertz CT molecular complexity index is 1180. The molecule has 0 fully saturated rings. The van der Waals surface area contributed by atoms with Gasteiger partial charge in [-0.25, -0.2) is 9.37 Å². The summed E-state index contributed by atoms with van der Waals surface area (Å²) in [5.41, 5.74) is 6.13. The van der Waals surface area contributed by atoms with Crippen molar-refractivity contribution >= 4 is 16.9 Å². The largest absolute Gasteiger partial charge is 0.493 e. The van der Waals surface area contributed by atoms with E-state index in [4.69, 9.17) is 9.15 Å². The van der Waals surface area contributed by atoms with E-state index in [-0.39, 0.29) is 5.82 Å². The standard InChI is InChI=1S/C20H17FN4O2/c1-10-23-18-12-7-14-17(13(12)8-16(26-2)19(18)27-10)24-25-20(14)22-9-11-5-3-4-6-15(11)21/h3-6,8H,7,9H2,1-2H3,(H2,22,24,25). The molecule has 4 aromatic rings. The average molecular weight is 364 g/mol. The first-order valence-electron chi connectivity index (χ1n) is 8.67. The molecule has 0 aliphatic heterocycles. The van der Waals surface area contributed by atoms with Gasteiger partial charge in [-0.1, -0.05) is 18.2 Å². The van der Waals surface area contributed by atoms with Crippen LogP contribution in [0.15, 0.2) is 34.7 Å². The molecular formula is C20H17FN4O2. The number of ether oxygens (including phenoxy) is 1. The second-order valence-electron chi connectivity index (χ2n) is 6.56. The van der Waals surface area contributed by atoms with Crippen LogP contribution in [0.3, 0.4) is 0 Å². The Labute approximate surface area is 154 Å². The van der Waals surface area contributed by atoms with Crippen molar-refractivity contribution in [3.63, 3.8) is 0 Å². The average Bonchev–Trinajstić information content (AvgIpc) is 3.33. The number of hydrogen-bond donors (Lipinski definition) is 2. The number of rotatable bonds is 4. The van der Waals surface area contributed by atoms with E-state index in [0.29, 0.717) is 35.8 Å². The summed E-state index contributed by atoms with van der Waals surface area (Å²) in [5.74, 6) is 1.73. The molecule has 2 N–H and O–H groups in total. The van der Waals surface area contributed by atoms with Crippen molar-refractivity contribution in [3.05, 3.63) is 58.7 Å². The first kappa shape index (κ1) is 15.9. The van der Waals surface area contributed by atoms with Gasteiger partial charge in [0.05, 0.1) is 12.8 Å². The van der Waals surface area contributed by atoms with Gasteiger partial charge in [-0.05, 0) is 17.7 Å². The Morgan fingerprint density at radius 2 is 2.15 bits per heavy atom. The molecule has 0 atom stereocenters. The monoisotopic (exact) mass is 364 g/mol. The molecule has 6 nitrogen and oxygen atoms in total. The lowest BCUT2D eigenvalue weighted by atomic mass is 10.1. The summed E-state index contributed by atoms with van der Waals surface area (Å²) in [4.78, 5) is 4.54. The van der Waals surface area contributed by atoms with Crippen molar-refractivity contribution in [3.8, 4) is 17.0 Å². The summed E-state index contributed by atoms with van der Waals surface area (Å²) in [7, 11) is 1.61. The van der Waals surface area contributed by atoms with Crippen molar-refractivity contribution in [2.75, 3.05) is 12.4 Å². The maximum absolute atomic E-state index is 13.9. The number of nitrogens with one attached hydrogen (secondary N) is 2. The third-order valence-electron chi connectivity index (χ3n) is 4.96.